The fourth-order valence-corrected chi connectivity index (χ4v) is 3.42. The molecule has 1 aromatic rings. The van der Waals surface area contributed by atoms with Crippen LogP contribution in [0.25, 0.3) is 0 Å². The summed E-state index contributed by atoms with van der Waals surface area (Å²) < 4.78 is 0. The van der Waals surface area contributed by atoms with Gasteiger partial charge in [0.25, 0.3) is 5.91 Å². The Kier molecular flexibility index (Phi) is 5.87. The van der Waals surface area contributed by atoms with Gasteiger partial charge in [-0.3, -0.25) is 9.59 Å². The fourth-order valence-electron chi connectivity index (χ4n) is 2.26. The first-order valence-corrected chi connectivity index (χ1v) is 8.92. The van der Waals surface area contributed by atoms with E-state index in [1.807, 2.05) is 32.8 Å². The van der Waals surface area contributed by atoms with E-state index in [0.29, 0.717) is 17.2 Å². The lowest BCUT2D eigenvalue weighted by Crippen LogP contribution is -2.49. The Balaban J connectivity index is 2.14. The van der Waals surface area contributed by atoms with E-state index < -0.39 is 6.04 Å². The molecule has 2 heterocycles. The maximum Gasteiger partial charge on any atom is 0.255 e. The molecule has 1 aliphatic heterocycles. The van der Waals surface area contributed by atoms with Gasteiger partial charge in [0.2, 0.25) is 5.91 Å². The third-order valence-corrected chi connectivity index (χ3v) is 4.91. The topological polar surface area (TPSA) is 65.5 Å². The van der Waals surface area contributed by atoms with Crippen molar-refractivity contribution in [3.05, 3.63) is 23.9 Å². The number of anilines is 1. The predicted molar refractivity (Wildman–Crippen MR) is 93.7 cm³/mol. The Bertz CT molecular complexity index is 579. The summed E-state index contributed by atoms with van der Waals surface area (Å²) in [7, 11) is 3.76. The number of nitrogens with one attached hydrogen (secondary N) is 1. The molecule has 2 amide bonds. The van der Waals surface area contributed by atoms with Gasteiger partial charge in [-0.1, -0.05) is 6.92 Å². The Morgan fingerprint density at radius 1 is 1.52 bits per heavy atom. The van der Waals surface area contributed by atoms with Gasteiger partial charge in [0, 0.05) is 37.7 Å². The highest BCUT2D eigenvalue weighted by Crippen LogP contribution is 2.24. The standard InChI is InChI=1S/C16H24N4O2S/c1-5-11(2)18-15(21)13-9-23-10-20(13)16(22)12-6-7-17-14(8-12)19(3)4/h6-8,11,13H,5,9-10H2,1-4H3,(H,18,21)/t11-,13+/m1/s1. The second kappa shape index (κ2) is 7.68. The van der Waals surface area contributed by atoms with E-state index in [-0.39, 0.29) is 17.9 Å². The van der Waals surface area contributed by atoms with E-state index in [1.165, 1.54) is 0 Å². The summed E-state index contributed by atoms with van der Waals surface area (Å²) in [4.78, 5) is 32.9. The van der Waals surface area contributed by atoms with Gasteiger partial charge in [0.15, 0.2) is 0 Å². The zero-order chi connectivity index (χ0) is 17.0. The van der Waals surface area contributed by atoms with E-state index in [4.69, 9.17) is 0 Å². The molecule has 0 bridgehead atoms. The monoisotopic (exact) mass is 336 g/mol. The second-order valence-electron chi connectivity index (χ2n) is 5.91. The number of carbonyl (C=O) groups excluding carboxylic acids is 2. The molecule has 6 nitrogen and oxygen atoms in total. The number of nitrogens with zero attached hydrogens (tertiary/aromatic N) is 3. The van der Waals surface area contributed by atoms with Gasteiger partial charge < -0.3 is 15.1 Å². The molecular weight excluding hydrogens is 312 g/mol. The summed E-state index contributed by atoms with van der Waals surface area (Å²) >= 11 is 1.61. The number of hydrogen-bond acceptors (Lipinski definition) is 5. The van der Waals surface area contributed by atoms with Gasteiger partial charge in [0.1, 0.15) is 11.9 Å². The Morgan fingerprint density at radius 2 is 2.26 bits per heavy atom. The Morgan fingerprint density at radius 3 is 2.91 bits per heavy atom. The summed E-state index contributed by atoms with van der Waals surface area (Å²) in [5.41, 5.74) is 0.563. The molecule has 0 radical (unpaired) electrons. The summed E-state index contributed by atoms with van der Waals surface area (Å²) in [6, 6.07) is 3.17. The van der Waals surface area contributed by atoms with Gasteiger partial charge in [0.05, 0.1) is 5.88 Å². The van der Waals surface area contributed by atoms with Crippen LogP contribution in [0.15, 0.2) is 18.3 Å². The van der Waals surface area contributed by atoms with Crippen LogP contribution in [-0.2, 0) is 4.79 Å². The molecule has 1 aliphatic rings. The van der Waals surface area contributed by atoms with Crippen LogP contribution in [0.5, 0.6) is 0 Å². The number of rotatable bonds is 5. The van der Waals surface area contributed by atoms with Crippen LogP contribution in [0.1, 0.15) is 30.6 Å². The van der Waals surface area contributed by atoms with E-state index in [2.05, 4.69) is 10.3 Å². The van der Waals surface area contributed by atoms with Gasteiger partial charge in [-0.15, -0.1) is 11.8 Å². The normalized spacial score (nSPS) is 18.6. The van der Waals surface area contributed by atoms with Crippen LogP contribution in [0.3, 0.4) is 0 Å². The van der Waals surface area contributed by atoms with E-state index in [0.717, 1.165) is 12.2 Å². The summed E-state index contributed by atoms with van der Waals surface area (Å²) in [6.07, 6.45) is 2.50. The van der Waals surface area contributed by atoms with Crippen molar-refractivity contribution in [2.24, 2.45) is 0 Å². The Hall–Kier alpha value is -1.76. The first kappa shape index (κ1) is 17.6. The molecule has 0 spiro atoms. The number of aromatic nitrogens is 1. The third-order valence-electron chi connectivity index (χ3n) is 3.90. The quantitative estimate of drug-likeness (QED) is 0.884. The minimum Gasteiger partial charge on any atom is -0.363 e. The lowest BCUT2D eigenvalue weighted by Gasteiger charge is -2.25. The van der Waals surface area contributed by atoms with Crippen molar-refractivity contribution in [1.82, 2.24) is 15.2 Å². The molecule has 0 aromatic carbocycles. The molecule has 2 atom stereocenters. The van der Waals surface area contributed by atoms with Crippen molar-refractivity contribution in [2.45, 2.75) is 32.4 Å². The number of hydrogen-bond donors (Lipinski definition) is 1. The molecule has 126 valence electrons. The molecule has 23 heavy (non-hydrogen) atoms. The summed E-state index contributed by atoms with van der Waals surface area (Å²) in [5, 5.41) is 2.97. The van der Waals surface area contributed by atoms with Crippen LogP contribution < -0.4 is 10.2 Å². The number of pyridine rings is 1. The SMILES string of the molecule is CC[C@@H](C)NC(=O)[C@@H]1CSCN1C(=O)c1ccnc(N(C)C)c1. The minimum atomic E-state index is -0.405. The largest absolute Gasteiger partial charge is 0.363 e. The van der Waals surface area contributed by atoms with Gasteiger partial charge in [-0.05, 0) is 25.5 Å². The average molecular weight is 336 g/mol. The third kappa shape index (κ3) is 4.16. The zero-order valence-corrected chi connectivity index (χ0v) is 14.9. The van der Waals surface area contributed by atoms with E-state index in [1.54, 1.807) is 35.0 Å². The lowest BCUT2D eigenvalue weighted by molar-refractivity contribution is -0.125. The Labute approximate surface area is 141 Å². The van der Waals surface area contributed by atoms with Crippen molar-refractivity contribution in [3.63, 3.8) is 0 Å². The molecule has 2 rings (SSSR count). The van der Waals surface area contributed by atoms with Crippen molar-refractivity contribution in [3.8, 4) is 0 Å². The second-order valence-corrected chi connectivity index (χ2v) is 6.91. The summed E-state index contributed by atoms with van der Waals surface area (Å²) in [6.45, 7) is 4.00. The highest BCUT2D eigenvalue weighted by atomic mass is 32.2. The average Bonchev–Trinajstić information content (AvgIpc) is 3.03. The fraction of sp³-hybridized carbons (Fsp3) is 0.562. The number of thioether (sulfide) groups is 1. The van der Waals surface area contributed by atoms with Crippen LogP contribution in [0.4, 0.5) is 5.82 Å². The van der Waals surface area contributed by atoms with E-state index in [9.17, 15) is 9.59 Å². The smallest absolute Gasteiger partial charge is 0.255 e. The van der Waals surface area contributed by atoms with Crippen LogP contribution >= 0.6 is 11.8 Å². The molecule has 0 saturated carbocycles. The van der Waals surface area contributed by atoms with Crippen LogP contribution in [-0.4, -0.2) is 59.5 Å². The van der Waals surface area contributed by atoms with Crippen LogP contribution in [0, 0.1) is 0 Å². The first-order valence-electron chi connectivity index (χ1n) is 7.76. The molecule has 7 heteroatoms. The molecule has 0 unspecified atom stereocenters. The number of amides is 2. The molecule has 1 N–H and O–H groups in total. The summed E-state index contributed by atoms with van der Waals surface area (Å²) in [5.74, 6) is 1.71. The molecule has 1 aromatic heterocycles. The van der Waals surface area contributed by atoms with E-state index >= 15 is 0 Å². The first-order chi connectivity index (χ1) is 10.9. The molecule has 0 aliphatic carbocycles. The van der Waals surface area contributed by atoms with Gasteiger partial charge in [-0.25, -0.2) is 4.98 Å². The number of carbonyl (C=O) groups is 2. The predicted octanol–water partition coefficient (Wildman–Crippen LogP) is 1.58. The van der Waals surface area contributed by atoms with Crippen LogP contribution in [0.2, 0.25) is 0 Å². The van der Waals surface area contributed by atoms with Crippen molar-refractivity contribution < 1.29 is 9.59 Å². The maximum absolute atomic E-state index is 12.8. The molecule has 1 fully saturated rings. The van der Waals surface area contributed by atoms with Crippen molar-refractivity contribution in [1.29, 1.82) is 0 Å². The molecular formula is C16H24N4O2S. The lowest BCUT2D eigenvalue weighted by atomic mass is 10.1. The van der Waals surface area contributed by atoms with Gasteiger partial charge >= 0.3 is 0 Å². The highest BCUT2D eigenvalue weighted by molar-refractivity contribution is 7.99. The van der Waals surface area contributed by atoms with Crippen molar-refractivity contribution in [2.75, 3.05) is 30.6 Å². The van der Waals surface area contributed by atoms with Gasteiger partial charge in [-0.2, -0.15) is 0 Å². The van der Waals surface area contributed by atoms with Crippen molar-refractivity contribution >= 4 is 29.4 Å². The zero-order valence-electron chi connectivity index (χ0n) is 14.1. The maximum atomic E-state index is 12.8. The molecule has 1 saturated heterocycles. The highest BCUT2D eigenvalue weighted by Gasteiger charge is 2.35. The minimum absolute atomic E-state index is 0.0698.